The van der Waals surface area contributed by atoms with E-state index in [9.17, 15) is 30.0 Å². The van der Waals surface area contributed by atoms with E-state index >= 15 is 0 Å². The number of aromatic hydroxyl groups is 1. The molecular weight excluding hydrogens is 454 g/mol. The van der Waals surface area contributed by atoms with Gasteiger partial charge in [-0.1, -0.05) is 6.07 Å². The number of nitrogens with zero attached hydrogens (tertiary/aromatic N) is 1. The molecule has 0 radical (unpaired) electrons. The van der Waals surface area contributed by atoms with Crippen LogP contribution in [0, 0.1) is 11.8 Å². The third-order valence-electron chi connectivity index (χ3n) is 7.46. The van der Waals surface area contributed by atoms with Crippen molar-refractivity contribution in [3.63, 3.8) is 0 Å². The molecule has 10 heteroatoms. The van der Waals surface area contributed by atoms with Crippen molar-refractivity contribution in [2.24, 2.45) is 17.6 Å². The van der Waals surface area contributed by atoms with Crippen molar-refractivity contribution in [3.8, 4) is 5.75 Å². The Morgan fingerprint density at radius 1 is 1.26 bits per heavy atom. The number of aliphatic hydroxyl groups excluding tert-OH is 2. The van der Waals surface area contributed by atoms with Gasteiger partial charge >= 0.3 is 0 Å². The molecule has 3 aliphatic carbocycles. The fraction of sp³-hybridized carbons (Fsp3) is 0.520. The van der Waals surface area contributed by atoms with E-state index in [0.717, 1.165) is 5.56 Å². The number of hydrogen-bond acceptors (Lipinski definition) is 10. The number of rotatable bonds is 6. The van der Waals surface area contributed by atoms with Gasteiger partial charge in [-0.15, -0.1) is 0 Å². The van der Waals surface area contributed by atoms with Crippen LogP contribution >= 0.6 is 0 Å². The Kier molecular flexibility index (Phi) is 6.54. The third kappa shape index (κ3) is 3.68. The van der Waals surface area contributed by atoms with Gasteiger partial charge in [-0.05, 0) is 63.9 Å². The molecule has 1 unspecified atom stereocenters. The lowest BCUT2D eigenvalue weighted by Crippen LogP contribution is -2.65. The van der Waals surface area contributed by atoms with E-state index in [4.69, 9.17) is 10.6 Å². The summed E-state index contributed by atoms with van der Waals surface area (Å²) in [6.45, 7) is 4.10. The molecule has 1 aromatic rings. The quantitative estimate of drug-likeness (QED) is 0.250. The highest BCUT2D eigenvalue weighted by Crippen LogP contribution is 2.53. The standard InChI is InChI=1S/C25H33N3O7/c1-5-35-27-10-12-6-7-16(29)19-14(12)8-13-9-15-20(28(3)4)22(31)17(11(2)26)23(32)25(15,34)24(33)18(13)21(19)30/h6-7,11,13,15,20,27,29-30,32,34H,5,8-10,26H2,1-4H3/t11?,13-,15-,20-,25+/m0/s1. The average Bonchev–Trinajstić information content (AvgIpc) is 2.77. The van der Waals surface area contributed by atoms with Crippen molar-refractivity contribution < 1.29 is 34.9 Å². The molecule has 10 nitrogen and oxygen atoms in total. The molecule has 1 saturated carbocycles. The van der Waals surface area contributed by atoms with E-state index in [2.05, 4.69) is 5.48 Å². The number of phenols is 1. The van der Waals surface area contributed by atoms with Gasteiger partial charge in [0.25, 0.3) is 0 Å². The number of carbonyl (C=O) groups excluding carboxylic acids is 2. The van der Waals surface area contributed by atoms with Crippen LogP contribution in [0.5, 0.6) is 5.75 Å². The molecule has 35 heavy (non-hydrogen) atoms. The van der Waals surface area contributed by atoms with Gasteiger partial charge in [-0.2, -0.15) is 5.48 Å². The van der Waals surface area contributed by atoms with Crippen LogP contribution in [-0.2, 0) is 27.4 Å². The Bertz CT molecular complexity index is 1140. The van der Waals surface area contributed by atoms with Crippen LogP contribution in [-0.4, -0.2) is 75.3 Å². The van der Waals surface area contributed by atoms with Crippen LogP contribution < -0.4 is 11.2 Å². The summed E-state index contributed by atoms with van der Waals surface area (Å²) in [4.78, 5) is 34.0. The van der Waals surface area contributed by atoms with Crippen LogP contribution in [0.1, 0.15) is 37.0 Å². The maximum absolute atomic E-state index is 13.8. The number of nitrogens with one attached hydrogen (secondary N) is 1. The number of Topliss-reactive ketones (excluding diaryl/α,β-unsaturated/α-hetero) is 2. The monoisotopic (exact) mass is 487 g/mol. The molecule has 5 atom stereocenters. The number of carbonyl (C=O) groups is 2. The zero-order valence-corrected chi connectivity index (χ0v) is 20.3. The Hall–Kier alpha value is -2.76. The van der Waals surface area contributed by atoms with E-state index in [0.29, 0.717) is 25.1 Å². The second kappa shape index (κ2) is 9.03. The summed E-state index contributed by atoms with van der Waals surface area (Å²) in [5.41, 5.74) is 7.65. The predicted octanol–water partition coefficient (Wildman–Crippen LogP) is 0.867. The van der Waals surface area contributed by atoms with E-state index in [1.807, 2.05) is 6.92 Å². The lowest BCUT2D eigenvalue weighted by atomic mass is 9.57. The van der Waals surface area contributed by atoms with Crippen LogP contribution in [0.15, 0.2) is 29.0 Å². The van der Waals surface area contributed by atoms with Crippen molar-refractivity contribution in [1.82, 2.24) is 10.4 Å². The molecule has 0 amide bonds. The van der Waals surface area contributed by atoms with Crippen molar-refractivity contribution in [2.45, 2.75) is 50.9 Å². The van der Waals surface area contributed by atoms with Gasteiger partial charge in [-0.25, -0.2) is 0 Å². The number of hydrogen-bond donors (Lipinski definition) is 6. The minimum absolute atomic E-state index is 0.0658. The summed E-state index contributed by atoms with van der Waals surface area (Å²) in [6, 6.07) is 1.33. The Labute approximate surface area is 203 Å². The minimum Gasteiger partial charge on any atom is -0.508 e. The van der Waals surface area contributed by atoms with Crippen LogP contribution in [0.3, 0.4) is 0 Å². The predicted molar refractivity (Wildman–Crippen MR) is 127 cm³/mol. The van der Waals surface area contributed by atoms with Gasteiger partial charge in [-0.3, -0.25) is 14.5 Å². The molecule has 3 aliphatic rings. The number of benzene rings is 1. The lowest BCUT2D eigenvalue weighted by Gasteiger charge is -2.51. The topological polar surface area (TPSA) is 166 Å². The first-order chi connectivity index (χ1) is 16.5. The number of nitrogens with two attached hydrogens (primary N) is 1. The zero-order valence-electron chi connectivity index (χ0n) is 20.3. The molecule has 0 spiro atoms. The maximum atomic E-state index is 13.8. The highest BCUT2D eigenvalue weighted by Gasteiger charge is 2.63. The average molecular weight is 488 g/mol. The van der Waals surface area contributed by atoms with Crippen LogP contribution in [0.25, 0.3) is 5.76 Å². The number of aliphatic hydroxyl groups is 3. The SMILES string of the molecule is CCONCc1ccc(O)c2c1C[C@H]1C[C@H]3[C@H](N(C)C)C(=O)C(C(C)N)=C(O)[C@@]3(O)C(=O)C1=C2O. The second-order valence-electron chi connectivity index (χ2n) is 9.78. The maximum Gasteiger partial charge on any atom is 0.202 e. The smallest absolute Gasteiger partial charge is 0.202 e. The summed E-state index contributed by atoms with van der Waals surface area (Å²) in [7, 11) is 3.34. The van der Waals surface area contributed by atoms with E-state index in [-0.39, 0.29) is 28.9 Å². The lowest BCUT2D eigenvalue weighted by molar-refractivity contribution is -0.153. The number of fused-ring (bicyclic) bond motifs is 3. The second-order valence-corrected chi connectivity index (χ2v) is 9.78. The normalized spacial score (nSPS) is 29.3. The van der Waals surface area contributed by atoms with Gasteiger partial charge in [0.05, 0.1) is 23.8 Å². The molecule has 7 N–H and O–H groups in total. The highest BCUT2D eigenvalue weighted by molar-refractivity contribution is 6.14. The molecule has 0 bridgehead atoms. The molecule has 0 aliphatic heterocycles. The molecular formula is C25H33N3O7. The van der Waals surface area contributed by atoms with Crippen molar-refractivity contribution in [3.05, 3.63) is 45.7 Å². The van der Waals surface area contributed by atoms with E-state index < -0.39 is 52.6 Å². The van der Waals surface area contributed by atoms with Gasteiger partial charge in [0.15, 0.2) is 11.4 Å². The number of likely N-dealkylation sites (N-methyl/N-ethyl adjacent to an activating group) is 1. The minimum atomic E-state index is -2.42. The third-order valence-corrected chi connectivity index (χ3v) is 7.46. The van der Waals surface area contributed by atoms with Crippen molar-refractivity contribution in [1.29, 1.82) is 0 Å². The highest BCUT2D eigenvalue weighted by atomic mass is 16.6. The molecule has 0 heterocycles. The van der Waals surface area contributed by atoms with Crippen LogP contribution in [0.4, 0.5) is 0 Å². The van der Waals surface area contributed by atoms with Gasteiger partial charge in [0, 0.05) is 24.1 Å². The first-order valence-electron chi connectivity index (χ1n) is 11.8. The molecule has 190 valence electrons. The molecule has 0 aromatic heterocycles. The fourth-order valence-electron chi connectivity index (χ4n) is 5.93. The fourth-order valence-corrected chi connectivity index (χ4v) is 5.93. The molecule has 1 fully saturated rings. The van der Waals surface area contributed by atoms with E-state index in [1.54, 1.807) is 25.1 Å². The van der Waals surface area contributed by atoms with Gasteiger partial charge in [0.2, 0.25) is 5.78 Å². The molecule has 1 aromatic carbocycles. The van der Waals surface area contributed by atoms with Crippen LogP contribution in [0.2, 0.25) is 0 Å². The Morgan fingerprint density at radius 2 is 1.94 bits per heavy atom. The first-order valence-corrected chi connectivity index (χ1v) is 11.8. The number of hydroxylamine groups is 1. The summed E-state index contributed by atoms with van der Waals surface area (Å²) in [6.07, 6.45) is 0.448. The number of ketones is 2. The van der Waals surface area contributed by atoms with Gasteiger partial charge in [0.1, 0.15) is 17.3 Å². The molecule has 4 rings (SSSR count). The summed E-state index contributed by atoms with van der Waals surface area (Å²) >= 11 is 0. The van der Waals surface area contributed by atoms with Gasteiger partial charge < -0.3 is 31.0 Å². The summed E-state index contributed by atoms with van der Waals surface area (Å²) in [5, 5.41) is 44.6. The summed E-state index contributed by atoms with van der Waals surface area (Å²) < 4.78 is 0. The number of phenolic OH excluding ortho intramolecular Hbond substituents is 1. The zero-order chi connectivity index (χ0) is 25.8. The van der Waals surface area contributed by atoms with Crippen molar-refractivity contribution in [2.75, 3.05) is 20.7 Å². The summed E-state index contributed by atoms with van der Waals surface area (Å²) in [5.74, 6) is -4.19. The molecule has 0 saturated heterocycles. The van der Waals surface area contributed by atoms with E-state index in [1.165, 1.54) is 13.0 Å². The Morgan fingerprint density at radius 3 is 2.54 bits per heavy atom. The van der Waals surface area contributed by atoms with Crippen molar-refractivity contribution >= 4 is 17.3 Å². The first kappa shape index (κ1) is 25.3. The largest absolute Gasteiger partial charge is 0.508 e. The Balaban J connectivity index is 1.90.